The molecule has 1 unspecified atom stereocenters. The number of likely N-dealkylation sites (N-methyl/N-ethyl adjacent to an activating group) is 1. The molecule has 5 heteroatoms. The Morgan fingerprint density at radius 1 is 1.07 bits per heavy atom. The first-order valence-corrected chi connectivity index (χ1v) is 9.51. The van der Waals surface area contributed by atoms with Crippen molar-refractivity contribution < 1.29 is 4.39 Å². The van der Waals surface area contributed by atoms with E-state index in [2.05, 4.69) is 51.1 Å². The van der Waals surface area contributed by atoms with Gasteiger partial charge >= 0.3 is 0 Å². The number of benzene rings is 1. The number of nitrogens with zero attached hydrogens (tertiary/aromatic N) is 4. The first kappa shape index (κ1) is 18.0. The summed E-state index contributed by atoms with van der Waals surface area (Å²) >= 11 is 0. The van der Waals surface area contributed by atoms with E-state index in [9.17, 15) is 4.39 Å². The quantitative estimate of drug-likeness (QED) is 0.710. The van der Waals surface area contributed by atoms with E-state index in [-0.39, 0.29) is 5.82 Å². The summed E-state index contributed by atoms with van der Waals surface area (Å²) in [5.41, 5.74) is 1.82. The van der Waals surface area contributed by atoms with Crippen LogP contribution in [0.3, 0.4) is 0 Å². The first-order valence-electron chi connectivity index (χ1n) is 9.51. The Morgan fingerprint density at radius 3 is 2.85 bits per heavy atom. The molecule has 27 heavy (non-hydrogen) atoms. The highest BCUT2D eigenvalue weighted by Crippen LogP contribution is 2.22. The molecule has 0 bridgehead atoms. The molecule has 140 valence electrons. The number of hydrogen-bond donors (Lipinski definition) is 0. The summed E-state index contributed by atoms with van der Waals surface area (Å²) in [5.74, 6) is 0.252. The topological polar surface area (TPSA) is 32.3 Å². The molecule has 0 radical (unpaired) electrons. The van der Waals surface area contributed by atoms with Crippen molar-refractivity contribution in [2.45, 2.75) is 13.0 Å². The maximum Gasteiger partial charge on any atom is 0.146 e. The summed E-state index contributed by atoms with van der Waals surface area (Å²) in [7, 11) is 2.17. The van der Waals surface area contributed by atoms with Crippen molar-refractivity contribution in [3.8, 4) is 0 Å². The minimum Gasteiger partial charge on any atom is -0.305 e. The molecular weight excluding hydrogens is 339 g/mol. The second-order valence-corrected chi connectivity index (χ2v) is 7.52. The van der Waals surface area contributed by atoms with E-state index in [1.165, 1.54) is 22.4 Å². The molecule has 4 nitrogen and oxygen atoms in total. The number of fused-ring (bicyclic) bond motifs is 1. The van der Waals surface area contributed by atoms with E-state index >= 15 is 0 Å². The van der Waals surface area contributed by atoms with Gasteiger partial charge in [0, 0.05) is 56.7 Å². The zero-order valence-electron chi connectivity index (χ0n) is 15.7. The van der Waals surface area contributed by atoms with Crippen LogP contribution in [0.15, 0.2) is 55.0 Å². The third kappa shape index (κ3) is 4.31. The molecular formula is C22H25FN4. The van der Waals surface area contributed by atoms with Crippen LogP contribution in [-0.4, -0.2) is 53.0 Å². The number of rotatable bonds is 4. The lowest BCUT2D eigenvalue weighted by molar-refractivity contribution is 0.243. The minimum atomic E-state index is -0.218. The van der Waals surface area contributed by atoms with E-state index in [1.54, 1.807) is 12.3 Å². The third-order valence-electron chi connectivity index (χ3n) is 5.35. The van der Waals surface area contributed by atoms with Crippen molar-refractivity contribution in [3.63, 3.8) is 0 Å². The Hall–Kier alpha value is -2.37. The molecule has 2 aromatic heterocycles. The molecule has 1 saturated heterocycles. The summed E-state index contributed by atoms with van der Waals surface area (Å²) in [6.07, 6.45) is 6.56. The number of aromatic nitrogens is 2. The molecule has 3 aromatic rings. The smallest absolute Gasteiger partial charge is 0.146 e. The summed E-state index contributed by atoms with van der Waals surface area (Å²) in [5, 5.41) is 2.46. The second kappa shape index (κ2) is 8.11. The van der Waals surface area contributed by atoms with Gasteiger partial charge in [0.05, 0.1) is 5.69 Å². The zero-order chi connectivity index (χ0) is 18.6. The average Bonchev–Trinajstić information content (AvgIpc) is 2.85. The van der Waals surface area contributed by atoms with Crippen LogP contribution >= 0.6 is 0 Å². The SMILES string of the molecule is CN1CCN(Cc2ncccc2F)CC(Cc2cncc3ccccc23)C1. The standard InChI is InChI=1S/C22H25FN4/c1-26-9-10-27(16-22-21(23)7-4-8-25-22)15-17(14-26)11-19-13-24-12-18-5-2-3-6-20(18)19/h2-8,12-13,17H,9-11,14-16H2,1H3. The van der Waals surface area contributed by atoms with Crippen LogP contribution in [0.25, 0.3) is 10.8 Å². The van der Waals surface area contributed by atoms with E-state index < -0.39 is 0 Å². The average molecular weight is 364 g/mol. The fourth-order valence-electron chi connectivity index (χ4n) is 4.03. The molecule has 1 aromatic carbocycles. The lowest BCUT2D eigenvalue weighted by atomic mass is 9.96. The molecule has 0 saturated carbocycles. The number of hydrogen-bond acceptors (Lipinski definition) is 4. The molecule has 0 aliphatic carbocycles. The molecule has 0 amide bonds. The summed E-state index contributed by atoms with van der Waals surface area (Å²) in [6, 6.07) is 11.6. The first-order chi connectivity index (χ1) is 13.2. The van der Waals surface area contributed by atoms with Crippen LogP contribution in [-0.2, 0) is 13.0 Å². The second-order valence-electron chi connectivity index (χ2n) is 7.52. The van der Waals surface area contributed by atoms with Crippen molar-refractivity contribution in [1.82, 2.24) is 19.8 Å². The third-order valence-corrected chi connectivity index (χ3v) is 5.35. The molecule has 1 aliphatic heterocycles. The van der Waals surface area contributed by atoms with E-state index in [0.717, 1.165) is 32.6 Å². The Balaban J connectivity index is 1.53. The largest absolute Gasteiger partial charge is 0.305 e. The fraction of sp³-hybridized carbons (Fsp3) is 0.364. The number of pyridine rings is 2. The van der Waals surface area contributed by atoms with Crippen LogP contribution in [0.1, 0.15) is 11.3 Å². The Kier molecular flexibility index (Phi) is 5.41. The van der Waals surface area contributed by atoms with Gasteiger partial charge in [-0.1, -0.05) is 24.3 Å². The van der Waals surface area contributed by atoms with Gasteiger partial charge in [-0.3, -0.25) is 14.9 Å². The zero-order valence-corrected chi connectivity index (χ0v) is 15.7. The van der Waals surface area contributed by atoms with Crippen molar-refractivity contribution in [2.24, 2.45) is 5.92 Å². The van der Waals surface area contributed by atoms with Gasteiger partial charge in [0.1, 0.15) is 5.82 Å². The monoisotopic (exact) mass is 364 g/mol. The van der Waals surface area contributed by atoms with Gasteiger partial charge in [-0.2, -0.15) is 0 Å². The maximum absolute atomic E-state index is 14.0. The van der Waals surface area contributed by atoms with E-state index in [4.69, 9.17) is 0 Å². The maximum atomic E-state index is 14.0. The Bertz CT molecular complexity index is 908. The van der Waals surface area contributed by atoms with Crippen LogP contribution < -0.4 is 0 Å². The molecule has 1 fully saturated rings. The van der Waals surface area contributed by atoms with Gasteiger partial charge in [0.25, 0.3) is 0 Å². The number of halogens is 1. The molecule has 1 atom stereocenters. The summed E-state index contributed by atoms with van der Waals surface area (Å²) in [4.78, 5) is 13.4. The van der Waals surface area contributed by atoms with Crippen LogP contribution in [0.5, 0.6) is 0 Å². The van der Waals surface area contributed by atoms with Crippen molar-refractivity contribution in [2.75, 3.05) is 33.2 Å². The van der Waals surface area contributed by atoms with Gasteiger partial charge in [0.15, 0.2) is 0 Å². The Morgan fingerprint density at radius 2 is 1.96 bits per heavy atom. The van der Waals surface area contributed by atoms with Crippen LogP contribution in [0, 0.1) is 11.7 Å². The highest BCUT2D eigenvalue weighted by atomic mass is 19.1. The highest BCUT2D eigenvalue weighted by Gasteiger charge is 2.23. The highest BCUT2D eigenvalue weighted by molar-refractivity contribution is 5.84. The molecule has 3 heterocycles. The van der Waals surface area contributed by atoms with Crippen LogP contribution in [0.2, 0.25) is 0 Å². The van der Waals surface area contributed by atoms with Crippen molar-refractivity contribution in [1.29, 1.82) is 0 Å². The normalized spacial score (nSPS) is 19.3. The Labute approximate surface area is 159 Å². The summed E-state index contributed by atoms with van der Waals surface area (Å²) < 4.78 is 14.0. The van der Waals surface area contributed by atoms with Gasteiger partial charge in [-0.15, -0.1) is 0 Å². The van der Waals surface area contributed by atoms with Gasteiger partial charge in [-0.25, -0.2) is 4.39 Å². The van der Waals surface area contributed by atoms with Crippen LogP contribution in [0.4, 0.5) is 4.39 Å². The van der Waals surface area contributed by atoms with Gasteiger partial charge in [0.2, 0.25) is 0 Å². The van der Waals surface area contributed by atoms with E-state index in [0.29, 0.717) is 18.2 Å². The molecule has 0 N–H and O–H groups in total. The predicted octanol–water partition coefficient (Wildman–Crippen LogP) is 3.38. The predicted molar refractivity (Wildman–Crippen MR) is 106 cm³/mol. The van der Waals surface area contributed by atoms with E-state index in [1.807, 2.05) is 12.4 Å². The minimum absolute atomic E-state index is 0.218. The van der Waals surface area contributed by atoms with Gasteiger partial charge in [-0.05, 0) is 42.5 Å². The molecule has 1 aliphatic rings. The lowest BCUT2D eigenvalue weighted by Crippen LogP contribution is -2.31. The van der Waals surface area contributed by atoms with Gasteiger partial charge < -0.3 is 4.90 Å². The lowest BCUT2D eigenvalue weighted by Gasteiger charge is -2.24. The molecule has 4 rings (SSSR count). The van der Waals surface area contributed by atoms with Crippen molar-refractivity contribution >= 4 is 10.8 Å². The summed E-state index contributed by atoms with van der Waals surface area (Å²) in [6.45, 7) is 4.44. The fourth-order valence-corrected chi connectivity index (χ4v) is 4.03. The van der Waals surface area contributed by atoms with Crippen molar-refractivity contribution in [3.05, 3.63) is 72.1 Å². The molecule has 0 spiro atoms.